The van der Waals surface area contributed by atoms with Crippen LogP contribution in [0.25, 0.3) is 6.08 Å². The van der Waals surface area contributed by atoms with Crippen molar-refractivity contribution in [3.05, 3.63) is 46.4 Å². The van der Waals surface area contributed by atoms with Crippen LogP contribution in [0, 0.1) is 0 Å². The maximum atomic E-state index is 13.0. The molecule has 2 aliphatic rings. The van der Waals surface area contributed by atoms with Gasteiger partial charge in [0, 0.05) is 0 Å². The number of fused-ring (bicyclic) bond motifs is 1. The highest BCUT2D eigenvalue weighted by Crippen LogP contribution is 2.41. The molecule has 2 aromatic carbocycles. The van der Waals surface area contributed by atoms with E-state index in [1.807, 2.05) is 18.2 Å². The minimum absolute atomic E-state index is 0.156. The first-order valence-electron chi connectivity index (χ1n) is 8.98. The Morgan fingerprint density at radius 1 is 1.07 bits per heavy atom. The van der Waals surface area contributed by atoms with E-state index in [4.69, 9.17) is 35.9 Å². The second-order valence-electron chi connectivity index (χ2n) is 6.41. The molecule has 2 aliphatic heterocycles. The fraction of sp³-hybridized carbons (Fsp3) is 0.238. The summed E-state index contributed by atoms with van der Waals surface area (Å²) in [7, 11) is 4.64. The van der Waals surface area contributed by atoms with E-state index >= 15 is 0 Å². The molecular formula is C21H19NO6S2. The van der Waals surface area contributed by atoms with Gasteiger partial charge in [-0.25, -0.2) is 0 Å². The molecule has 0 atom stereocenters. The third-order valence-corrected chi connectivity index (χ3v) is 6.01. The summed E-state index contributed by atoms with van der Waals surface area (Å²) < 4.78 is 27.4. The number of hydrogen-bond donors (Lipinski definition) is 0. The number of benzene rings is 2. The van der Waals surface area contributed by atoms with Gasteiger partial charge in [-0.1, -0.05) is 30.0 Å². The van der Waals surface area contributed by atoms with Crippen molar-refractivity contribution in [1.29, 1.82) is 0 Å². The number of thiocarbonyl (C=S) groups is 1. The zero-order valence-electron chi connectivity index (χ0n) is 16.6. The van der Waals surface area contributed by atoms with Gasteiger partial charge in [0.05, 0.1) is 32.8 Å². The molecule has 0 N–H and O–H groups in total. The maximum absolute atomic E-state index is 13.0. The molecule has 1 amide bonds. The van der Waals surface area contributed by atoms with E-state index in [0.29, 0.717) is 44.5 Å². The monoisotopic (exact) mass is 445 g/mol. The summed E-state index contributed by atoms with van der Waals surface area (Å²) in [5.41, 5.74) is 1.65. The Bertz CT molecular complexity index is 1030. The minimum atomic E-state index is -0.156. The van der Waals surface area contributed by atoms with Gasteiger partial charge in [0.15, 0.2) is 23.0 Å². The first-order valence-corrected chi connectivity index (χ1v) is 10.2. The van der Waals surface area contributed by atoms with Gasteiger partial charge in [-0.05, 0) is 41.5 Å². The summed E-state index contributed by atoms with van der Waals surface area (Å²) in [4.78, 5) is 15.1. The van der Waals surface area contributed by atoms with Gasteiger partial charge < -0.3 is 23.7 Å². The van der Waals surface area contributed by atoms with Crippen LogP contribution < -0.4 is 23.7 Å². The first-order chi connectivity index (χ1) is 14.5. The molecule has 0 unspecified atom stereocenters. The molecule has 0 aromatic heterocycles. The van der Waals surface area contributed by atoms with Crippen molar-refractivity contribution in [3.63, 3.8) is 0 Å². The predicted molar refractivity (Wildman–Crippen MR) is 117 cm³/mol. The largest absolute Gasteiger partial charge is 0.493 e. The summed E-state index contributed by atoms with van der Waals surface area (Å²) in [5.74, 6) is 2.74. The maximum Gasteiger partial charge on any atom is 0.266 e. The van der Waals surface area contributed by atoms with Gasteiger partial charge in [-0.2, -0.15) is 0 Å². The van der Waals surface area contributed by atoms with E-state index in [1.54, 1.807) is 44.4 Å². The van der Waals surface area contributed by atoms with Crippen LogP contribution >= 0.6 is 24.0 Å². The van der Waals surface area contributed by atoms with Crippen LogP contribution in [0.2, 0.25) is 0 Å². The minimum Gasteiger partial charge on any atom is -0.493 e. The quantitative estimate of drug-likeness (QED) is 0.491. The van der Waals surface area contributed by atoms with E-state index in [-0.39, 0.29) is 12.7 Å². The van der Waals surface area contributed by atoms with E-state index in [1.165, 1.54) is 11.8 Å². The number of amides is 1. The predicted octanol–water partition coefficient (Wildman–Crippen LogP) is 3.84. The van der Waals surface area contributed by atoms with Crippen molar-refractivity contribution in [2.45, 2.75) is 6.54 Å². The zero-order valence-corrected chi connectivity index (χ0v) is 18.2. The van der Waals surface area contributed by atoms with Crippen LogP contribution in [-0.2, 0) is 11.3 Å². The molecule has 2 heterocycles. The van der Waals surface area contributed by atoms with Crippen LogP contribution in [0.4, 0.5) is 0 Å². The molecule has 2 aromatic rings. The first kappa shape index (κ1) is 20.4. The molecule has 0 saturated carbocycles. The number of thioether (sulfide) groups is 1. The topological polar surface area (TPSA) is 66.5 Å². The van der Waals surface area contributed by atoms with Gasteiger partial charge in [0.2, 0.25) is 12.5 Å². The average molecular weight is 446 g/mol. The number of hydrogen-bond acceptors (Lipinski definition) is 8. The average Bonchev–Trinajstić information content (AvgIpc) is 3.32. The third kappa shape index (κ3) is 3.78. The zero-order chi connectivity index (χ0) is 21.3. The van der Waals surface area contributed by atoms with Crippen LogP contribution in [0.1, 0.15) is 11.1 Å². The van der Waals surface area contributed by atoms with Crippen LogP contribution in [0.15, 0.2) is 35.2 Å². The highest BCUT2D eigenvalue weighted by atomic mass is 32.2. The molecule has 1 fully saturated rings. The second kappa shape index (κ2) is 8.45. The van der Waals surface area contributed by atoms with Crippen molar-refractivity contribution in [2.24, 2.45) is 0 Å². The van der Waals surface area contributed by atoms with Gasteiger partial charge in [-0.3, -0.25) is 9.69 Å². The summed E-state index contributed by atoms with van der Waals surface area (Å²) in [5, 5.41) is 0. The number of nitrogens with zero attached hydrogens (tertiary/aromatic N) is 1. The molecular weight excluding hydrogens is 426 g/mol. The van der Waals surface area contributed by atoms with Crippen LogP contribution in [0.5, 0.6) is 28.7 Å². The summed E-state index contributed by atoms with van der Waals surface area (Å²) in [6, 6.07) is 9.16. The lowest BCUT2D eigenvalue weighted by molar-refractivity contribution is -0.122. The normalized spacial score (nSPS) is 16.4. The standard InChI is InChI=1S/C21H19NO6S2/c1-24-16-7-13(8-17(25-2)19(16)26-3)9-18-20(23)22(21(29)30-18)10-12-4-5-14-15(6-12)28-11-27-14/h4-9H,10-11H2,1-3H3/b18-9-. The van der Waals surface area contributed by atoms with Gasteiger partial charge in [0.1, 0.15) is 4.32 Å². The Morgan fingerprint density at radius 3 is 2.43 bits per heavy atom. The van der Waals surface area contributed by atoms with E-state index in [0.717, 1.165) is 11.1 Å². The Balaban J connectivity index is 1.59. The number of methoxy groups -OCH3 is 3. The third-order valence-electron chi connectivity index (χ3n) is 4.64. The molecule has 0 bridgehead atoms. The van der Waals surface area contributed by atoms with Gasteiger partial charge >= 0.3 is 0 Å². The second-order valence-corrected chi connectivity index (χ2v) is 8.09. The van der Waals surface area contributed by atoms with Crippen molar-refractivity contribution in [1.82, 2.24) is 4.90 Å². The van der Waals surface area contributed by atoms with Gasteiger partial charge in [-0.15, -0.1) is 0 Å². The van der Waals surface area contributed by atoms with Crippen LogP contribution in [-0.4, -0.2) is 43.2 Å². The molecule has 156 valence electrons. The smallest absolute Gasteiger partial charge is 0.266 e. The van der Waals surface area contributed by atoms with Gasteiger partial charge in [0.25, 0.3) is 5.91 Å². The summed E-state index contributed by atoms with van der Waals surface area (Å²) in [6.07, 6.45) is 1.77. The molecule has 4 rings (SSSR count). The molecule has 30 heavy (non-hydrogen) atoms. The molecule has 0 radical (unpaired) electrons. The molecule has 9 heteroatoms. The SMILES string of the molecule is COc1cc(/C=C2\SC(=S)N(Cc3ccc4c(c3)OCO4)C2=O)cc(OC)c1OC. The Hall–Kier alpha value is -2.91. The highest BCUT2D eigenvalue weighted by Gasteiger charge is 2.32. The summed E-state index contributed by atoms with van der Waals surface area (Å²) >= 11 is 6.71. The molecule has 0 spiro atoms. The van der Waals surface area contributed by atoms with Crippen molar-refractivity contribution in [3.8, 4) is 28.7 Å². The van der Waals surface area contributed by atoms with E-state index < -0.39 is 0 Å². The van der Waals surface area contributed by atoms with Crippen LogP contribution in [0.3, 0.4) is 0 Å². The lowest BCUT2D eigenvalue weighted by atomic mass is 10.1. The lowest BCUT2D eigenvalue weighted by Crippen LogP contribution is -2.27. The van der Waals surface area contributed by atoms with E-state index in [2.05, 4.69) is 0 Å². The lowest BCUT2D eigenvalue weighted by Gasteiger charge is -2.15. The van der Waals surface area contributed by atoms with Crippen molar-refractivity contribution >= 4 is 40.3 Å². The number of ether oxygens (including phenoxy) is 5. The Morgan fingerprint density at radius 2 is 1.77 bits per heavy atom. The number of rotatable bonds is 6. The fourth-order valence-corrected chi connectivity index (χ4v) is 4.45. The molecule has 7 nitrogen and oxygen atoms in total. The van der Waals surface area contributed by atoms with E-state index in [9.17, 15) is 4.79 Å². The molecule has 1 saturated heterocycles. The number of carbonyl (C=O) groups excluding carboxylic acids is 1. The molecule has 0 aliphatic carbocycles. The highest BCUT2D eigenvalue weighted by molar-refractivity contribution is 8.26. The Kier molecular flexibility index (Phi) is 5.74. The summed E-state index contributed by atoms with van der Waals surface area (Å²) in [6.45, 7) is 0.561. The number of carbonyl (C=O) groups is 1. The van der Waals surface area contributed by atoms with Crippen molar-refractivity contribution < 1.29 is 28.5 Å². The fourth-order valence-electron chi connectivity index (χ4n) is 3.19. The van der Waals surface area contributed by atoms with Crippen molar-refractivity contribution in [2.75, 3.05) is 28.1 Å². The Labute approximate surface area is 183 Å².